The van der Waals surface area contributed by atoms with Crippen molar-refractivity contribution in [3.63, 3.8) is 0 Å². The molecular weight excluding hydrogens is 373 g/mol. The molecule has 5 heteroatoms. The van der Waals surface area contributed by atoms with Crippen LogP contribution in [0, 0.1) is 5.82 Å². The molecule has 146 valence electrons. The van der Waals surface area contributed by atoms with E-state index < -0.39 is 0 Å². The highest BCUT2D eigenvalue weighted by atomic mass is 32.2. The van der Waals surface area contributed by atoms with Crippen molar-refractivity contribution in [3.05, 3.63) is 64.5 Å². The first-order valence-corrected chi connectivity index (χ1v) is 11.0. The largest absolute Gasteiger partial charge is 0.349 e. The summed E-state index contributed by atoms with van der Waals surface area (Å²) in [4.78, 5) is 25.6. The molecule has 2 aromatic carbocycles. The van der Waals surface area contributed by atoms with Crippen LogP contribution in [0.3, 0.4) is 0 Å². The Morgan fingerprint density at radius 2 is 1.89 bits per heavy atom. The van der Waals surface area contributed by atoms with E-state index in [0.29, 0.717) is 10.5 Å². The summed E-state index contributed by atoms with van der Waals surface area (Å²) in [5.74, 6) is 0.393. The summed E-state index contributed by atoms with van der Waals surface area (Å²) >= 11 is 1.49. The third kappa shape index (κ3) is 4.14. The number of carbonyl (C=O) groups excluding carboxylic acids is 2. The third-order valence-electron chi connectivity index (χ3n) is 5.61. The van der Waals surface area contributed by atoms with Crippen LogP contribution in [0.4, 0.5) is 4.39 Å². The zero-order valence-electron chi connectivity index (χ0n) is 15.8. The Morgan fingerprint density at radius 3 is 2.75 bits per heavy atom. The first-order chi connectivity index (χ1) is 13.6. The predicted molar refractivity (Wildman–Crippen MR) is 109 cm³/mol. The van der Waals surface area contributed by atoms with Crippen LogP contribution in [0.2, 0.25) is 0 Å². The van der Waals surface area contributed by atoms with E-state index in [4.69, 9.17) is 0 Å². The Morgan fingerprint density at radius 1 is 1.07 bits per heavy atom. The Hall–Kier alpha value is -2.14. The molecule has 1 N–H and O–H groups in total. The standard InChI is InChI=1S/C23H24FNO2S/c24-19-7-3-6-18-20(12-13-28-23(18)19)25-22(27)11-10-21(26)17-9-8-15-4-1-2-5-16(15)14-17/h3,6-9,14,20H,1-2,4-5,10-13H2,(H,25,27)/t20-/m1/s1. The highest BCUT2D eigenvalue weighted by molar-refractivity contribution is 7.99. The molecule has 0 fully saturated rings. The Bertz CT molecular complexity index is 911. The Kier molecular flexibility index (Phi) is 5.81. The van der Waals surface area contributed by atoms with Crippen molar-refractivity contribution in [2.45, 2.75) is 55.9 Å². The fourth-order valence-electron chi connectivity index (χ4n) is 4.08. The summed E-state index contributed by atoms with van der Waals surface area (Å²) in [6.07, 6.45) is 5.64. The highest BCUT2D eigenvalue weighted by Crippen LogP contribution is 2.37. The lowest BCUT2D eigenvalue weighted by Gasteiger charge is -2.26. The number of aryl methyl sites for hydroxylation is 2. The molecule has 1 atom stereocenters. The molecular formula is C23H24FNO2S. The monoisotopic (exact) mass is 397 g/mol. The number of rotatable bonds is 5. The van der Waals surface area contributed by atoms with E-state index in [0.717, 1.165) is 30.6 Å². The Balaban J connectivity index is 1.35. The number of thioether (sulfide) groups is 1. The van der Waals surface area contributed by atoms with Gasteiger partial charge in [0.15, 0.2) is 5.78 Å². The van der Waals surface area contributed by atoms with Gasteiger partial charge < -0.3 is 5.32 Å². The van der Waals surface area contributed by atoms with Gasteiger partial charge in [-0.05, 0) is 60.9 Å². The van der Waals surface area contributed by atoms with Gasteiger partial charge in [-0.25, -0.2) is 4.39 Å². The number of Topliss-reactive ketones (excluding diaryl/α,β-unsaturated/α-hetero) is 1. The third-order valence-corrected chi connectivity index (χ3v) is 6.77. The van der Waals surface area contributed by atoms with Crippen LogP contribution in [-0.4, -0.2) is 17.4 Å². The lowest BCUT2D eigenvalue weighted by Crippen LogP contribution is -2.31. The summed E-state index contributed by atoms with van der Waals surface area (Å²) in [5.41, 5.74) is 4.17. The van der Waals surface area contributed by atoms with Gasteiger partial charge in [0.25, 0.3) is 0 Å². The molecule has 0 saturated carbocycles. The molecule has 1 heterocycles. The number of hydrogen-bond donors (Lipinski definition) is 1. The van der Waals surface area contributed by atoms with E-state index in [2.05, 4.69) is 11.4 Å². The second kappa shape index (κ2) is 8.48. The molecule has 28 heavy (non-hydrogen) atoms. The molecule has 1 aliphatic carbocycles. The van der Waals surface area contributed by atoms with E-state index >= 15 is 0 Å². The molecule has 1 aliphatic heterocycles. The minimum atomic E-state index is -0.232. The summed E-state index contributed by atoms with van der Waals surface area (Å²) in [6.45, 7) is 0. The second-order valence-corrected chi connectivity index (χ2v) is 8.63. The molecule has 0 saturated heterocycles. The normalized spacial score (nSPS) is 18.1. The average molecular weight is 398 g/mol. The van der Waals surface area contributed by atoms with E-state index in [-0.39, 0.29) is 36.4 Å². The first kappa shape index (κ1) is 19.2. The van der Waals surface area contributed by atoms with Gasteiger partial charge in [0.05, 0.1) is 6.04 Å². The fraction of sp³-hybridized carbons (Fsp3) is 0.391. The molecule has 0 spiro atoms. The molecule has 2 aromatic rings. The molecule has 3 nitrogen and oxygen atoms in total. The van der Waals surface area contributed by atoms with Gasteiger partial charge in [-0.1, -0.05) is 24.3 Å². The molecule has 0 unspecified atom stereocenters. The quantitative estimate of drug-likeness (QED) is 0.721. The van der Waals surface area contributed by atoms with Gasteiger partial charge in [-0.15, -0.1) is 11.8 Å². The summed E-state index contributed by atoms with van der Waals surface area (Å²) in [7, 11) is 0. The minimum absolute atomic E-state index is 0.00849. The number of fused-ring (bicyclic) bond motifs is 2. The number of halogens is 1. The number of amides is 1. The summed E-state index contributed by atoms with van der Waals surface area (Å²) in [5, 5.41) is 2.99. The number of nitrogens with one attached hydrogen (secondary N) is 1. The lowest BCUT2D eigenvalue weighted by molar-refractivity contribution is -0.121. The maximum absolute atomic E-state index is 14.0. The van der Waals surface area contributed by atoms with E-state index in [9.17, 15) is 14.0 Å². The van der Waals surface area contributed by atoms with Crippen LogP contribution < -0.4 is 5.32 Å². The second-order valence-electron chi connectivity index (χ2n) is 7.53. The predicted octanol–water partition coefficient (Wildman–Crippen LogP) is 5.02. The van der Waals surface area contributed by atoms with Gasteiger partial charge >= 0.3 is 0 Å². The number of hydrogen-bond acceptors (Lipinski definition) is 3. The maximum atomic E-state index is 14.0. The van der Waals surface area contributed by atoms with Crippen molar-refractivity contribution in [2.24, 2.45) is 0 Å². The topological polar surface area (TPSA) is 46.2 Å². The van der Waals surface area contributed by atoms with Crippen LogP contribution in [0.1, 0.15) is 65.2 Å². The molecule has 4 rings (SSSR count). The van der Waals surface area contributed by atoms with Crippen molar-refractivity contribution in [3.8, 4) is 0 Å². The molecule has 0 aromatic heterocycles. The van der Waals surface area contributed by atoms with Crippen LogP contribution >= 0.6 is 11.8 Å². The molecule has 0 bridgehead atoms. The number of ketones is 1. The highest BCUT2D eigenvalue weighted by Gasteiger charge is 2.24. The summed E-state index contributed by atoms with van der Waals surface area (Å²) in [6, 6.07) is 10.8. The van der Waals surface area contributed by atoms with Gasteiger partial charge in [-0.2, -0.15) is 0 Å². The van der Waals surface area contributed by atoms with Gasteiger partial charge in [-0.3, -0.25) is 9.59 Å². The molecule has 0 radical (unpaired) electrons. The SMILES string of the molecule is O=C(CCC(=O)c1ccc2c(c1)CCCC2)N[C@@H]1CCSc2c(F)cccc21. The van der Waals surface area contributed by atoms with E-state index in [1.807, 2.05) is 18.2 Å². The zero-order chi connectivity index (χ0) is 19.5. The van der Waals surface area contributed by atoms with E-state index in [1.165, 1.54) is 41.8 Å². The smallest absolute Gasteiger partial charge is 0.220 e. The average Bonchev–Trinajstić information content (AvgIpc) is 2.72. The first-order valence-electron chi connectivity index (χ1n) is 9.97. The van der Waals surface area contributed by atoms with Crippen molar-refractivity contribution in [1.29, 1.82) is 0 Å². The van der Waals surface area contributed by atoms with Gasteiger partial charge in [0.2, 0.25) is 5.91 Å². The van der Waals surface area contributed by atoms with Crippen LogP contribution in [0.25, 0.3) is 0 Å². The van der Waals surface area contributed by atoms with Crippen LogP contribution in [-0.2, 0) is 17.6 Å². The molecule has 2 aliphatic rings. The minimum Gasteiger partial charge on any atom is -0.349 e. The number of benzene rings is 2. The number of carbonyl (C=O) groups is 2. The van der Waals surface area contributed by atoms with Crippen molar-refractivity contribution in [2.75, 3.05) is 5.75 Å². The lowest BCUT2D eigenvalue weighted by atomic mass is 9.89. The zero-order valence-corrected chi connectivity index (χ0v) is 16.6. The van der Waals surface area contributed by atoms with Crippen molar-refractivity contribution >= 4 is 23.5 Å². The van der Waals surface area contributed by atoms with Gasteiger partial charge in [0.1, 0.15) is 5.82 Å². The van der Waals surface area contributed by atoms with E-state index in [1.54, 1.807) is 6.07 Å². The van der Waals surface area contributed by atoms with Gasteiger partial charge in [0, 0.05) is 29.1 Å². The van der Waals surface area contributed by atoms with Crippen molar-refractivity contribution < 1.29 is 14.0 Å². The van der Waals surface area contributed by atoms with Crippen molar-refractivity contribution in [1.82, 2.24) is 5.32 Å². The Labute approximate surface area is 169 Å². The van der Waals surface area contributed by atoms with Crippen LogP contribution in [0.5, 0.6) is 0 Å². The molecule has 1 amide bonds. The fourth-order valence-corrected chi connectivity index (χ4v) is 5.22. The summed E-state index contributed by atoms with van der Waals surface area (Å²) < 4.78 is 14.0. The van der Waals surface area contributed by atoms with Crippen LogP contribution in [0.15, 0.2) is 41.3 Å². The maximum Gasteiger partial charge on any atom is 0.220 e.